The number of hydrogen-bond acceptors (Lipinski definition) is 3. The van der Waals surface area contributed by atoms with Gasteiger partial charge in [-0.1, -0.05) is 0 Å². The van der Waals surface area contributed by atoms with Crippen LogP contribution in [-0.2, 0) is 4.79 Å². The molecule has 4 nitrogen and oxygen atoms in total. The lowest BCUT2D eigenvalue weighted by Gasteiger charge is -2.07. The van der Waals surface area contributed by atoms with Crippen LogP contribution in [0.2, 0.25) is 0 Å². The largest absolute Gasteiger partial charge is 0.497 e. The molecule has 0 aliphatic carbocycles. The van der Waals surface area contributed by atoms with Gasteiger partial charge in [-0.15, -0.1) is 0 Å². The zero-order valence-corrected chi connectivity index (χ0v) is 8.29. The second-order valence-corrected chi connectivity index (χ2v) is 2.92. The Morgan fingerprint density at radius 3 is 2.87 bits per heavy atom. The van der Waals surface area contributed by atoms with Crippen molar-refractivity contribution >= 4 is 11.7 Å². The molecule has 0 amide bonds. The van der Waals surface area contributed by atoms with Gasteiger partial charge in [0.15, 0.2) is 0 Å². The number of carboxylic acids is 1. The third kappa shape index (κ3) is 3.46. The predicted octanol–water partition coefficient (Wildman–Crippen LogP) is 1.72. The fourth-order valence-corrected chi connectivity index (χ4v) is 1.07. The van der Waals surface area contributed by atoms with Crippen molar-refractivity contribution in [1.29, 1.82) is 0 Å². The van der Waals surface area contributed by atoms with E-state index in [0.29, 0.717) is 5.75 Å². The van der Waals surface area contributed by atoms with Gasteiger partial charge in [0.05, 0.1) is 19.2 Å². The Morgan fingerprint density at radius 2 is 2.33 bits per heavy atom. The minimum absolute atomic E-state index is 0.0501. The Hall–Kier alpha value is -1.78. The van der Waals surface area contributed by atoms with Crippen LogP contribution in [0.3, 0.4) is 0 Å². The van der Waals surface area contributed by atoms with Gasteiger partial charge in [0.1, 0.15) is 11.6 Å². The zero-order chi connectivity index (χ0) is 11.3. The molecule has 0 spiro atoms. The summed E-state index contributed by atoms with van der Waals surface area (Å²) in [5.74, 6) is -0.951. The van der Waals surface area contributed by atoms with Crippen LogP contribution in [0, 0.1) is 5.82 Å². The monoisotopic (exact) mass is 213 g/mol. The maximum atomic E-state index is 13.3. The number of nitrogens with one attached hydrogen (secondary N) is 1. The molecule has 0 atom stereocenters. The van der Waals surface area contributed by atoms with Crippen LogP contribution in [0.1, 0.15) is 6.42 Å². The second-order valence-electron chi connectivity index (χ2n) is 2.92. The third-order valence-electron chi connectivity index (χ3n) is 1.83. The first kappa shape index (κ1) is 11.3. The maximum Gasteiger partial charge on any atom is 0.305 e. The first-order chi connectivity index (χ1) is 7.13. The van der Waals surface area contributed by atoms with Gasteiger partial charge in [0.25, 0.3) is 0 Å². The predicted molar refractivity (Wildman–Crippen MR) is 53.7 cm³/mol. The van der Waals surface area contributed by atoms with Crippen LogP contribution >= 0.6 is 0 Å². The van der Waals surface area contributed by atoms with Gasteiger partial charge in [0.2, 0.25) is 0 Å². The van der Waals surface area contributed by atoms with Crippen molar-refractivity contribution in [1.82, 2.24) is 0 Å². The minimum Gasteiger partial charge on any atom is -0.497 e. The number of aliphatic carboxylic acids is 1. The molecular weight excluding hydrogens is 201 g/mol. The molecular formula is C10H12FNO3. The Balaban J connectivity index is 2.58. The highest BCUT2D eigenvalue weighted by molar-refractivity contribution is 5.67. The van der Waals surface area contributed by atoms with Gasteiger partial charge >= 0.3 is 5.97 Å². The zero-order valence-electron chi connectivity index (χ0n) is 8.29. The molecule has 0 fully saturated rings. The highest BCUT2D eigenvalue weighted by Gasteiger charge is 2.03. The lowest BCUT2D eigenvalue weighted by atomic mass is 10.3. The summed E-state index contributed by atoms with van der Waals surface area (Å²) in [5.41, 5.74) is 0.275. The minimum atomic E-state index is -0.920. The molecule has 1 aromatic rings. The number of halogens is 1. The molecule has 0 heterocycles. The first-order valence-corrected chi connectivity index (χ1v) is 4.42. The summed E-state index contributed by atoms with van der Waals surface area (Å²) in [6, 6.07) is 4.35. The SMILES string of the molecule is COc1ccc(NCCC(=O)O)c(F)c1. The summed E-state index contributed by atoms with van der Waals surface area (Å²) in [6.07, 6.45) is -0.0501. The lowest BCUT2D eigenvalue weighted by molar-refractivity contribution is -0.136. The number of carboxylic acid groups (broad SMARTS) is 1. The van der Waals surface area contributed by atoms with E-state index in [0.717, 1.165) is 0 Å². The van der Waals surface area contributed by atoms with Crippen LogP contribution in [0.4, 0.5) is 10.1 Å². The molecule has 1 rings (SSSR count). The molecule has 0 aliphatic rings. The van der Waals surface area contributed by atoms with Crippen LogP contribution in [0.15, 0.2) is 18.2 Å². The lowest BCUT2D eigenvalue weighted by Crippen LogP contribution is -2.08. The van der Waals surface area contributed by atoms with Gasteiger partial charge < -0.3 is 15.2 Å². The first-order valence-electron chi connectivity index (χ1n) is 4.42. The topological polar surface area (TPSA) is 58.6 Å². The van der Waals surface area contributed by atoms with Crippen molar-refractivity contribution in [3.8, 4) is 5.75 Å². The van der Waals surface area contributed by atoms with E-state index in [1.165, 1.54) is 19.2 Å². The number of carbonyl (C=O) groups is 1. The highest BCUT2D eigenvalue weighted by atomic mass is 19.1. The van der Waals surface area contributed by atoms with E-state index in [9.17, 15) is 9.18 Å². The molecule has 0 unspecified atom stereocenters. The maximum absolute atomic E-state index is 13.3. The van der Waals surface area contributed by atoms with Crippen molar-refractivity contribution in [3.05, 3.63) is 24.0 Å². The molecule has 82 valence electrons. The van der Waals surface area contributed by atoms with Gasteiger partial charge in [-0.25, -0.2) is 4.39 Å². The average Bonchev–Trinajstić information content (AvgIpc) is 2.20. The van der Waals surface area contributed by atoms with E-state index < -0.39 is 11.8 Å². The van der Waals surface area contributed by atoms with E-state index >= 15 is 0 Å². The average molecular weight is 213 g/mol. The number of rotatable bonds is 5. The Kier molecular flexibility index (Phi) is 3.91. The van der Waals surface area contributed by atoms with Crippen molar-refractivity contribution < 1.29 is 19.0 Å². The Bertz CT molecular complexity index is 355. The number of ether oxygens (including phenoxy) is 1. The van der Waals surface area contributed by atoms with Crippen molar-refractivity contribution in [3.63, 3.8) is 0 Å². The number of hydrogen-bond donors (Lipinski definition) is 2. The molecule has 15 heavy (non-hydrogen) atoms. The smallest absolute Gasteiger partial charge is 0.305 e. The van der Waals surface area contributed by atoms with Crippen molar-refractivity contribution in [2.24, 2.45) is 0 Å². The Labute approximate surface area is 86.7 Å². The summed E-state index contributed by atoms with van der Waals surface area (Å²) in [4.78, 5) is 10.2. The van der Waals surface area contributed by atoms with Crippen molar-refractivity contribution in [2.45, 2.75) is 6.42 Å². The number of methoxy groups -OCH3 is 1. The summed E-state index contributed by atoms with van der Waals surface area (Å²) in [5, 5.41) is 11.1. The van der Waals surface area contributed by atoms with E-state index in [-0.39, 0.29) is 18.7 Å². The second kappa shape index (κ2) is 5.19. The van der Waals surface area contributed by atoms with Gasteiger partial charge in [-0.05, 0) is 12.1 Å². The molecule has 0 bridgehead atoms. The molecule has 5 heteroatoms. The van der Waals surface area contributed by atoms with Crippen LogP contribution < -0.4 is 10.1 Å². The summed E-state index contributed by atoms with van der Waals surface area (Å²) in [6.45, 7) is 0.193. The van der Waals surface area contributed by atoms with E-state index in [2.05, 4.69) is 5.32 Å². The molecule has 0 saturated carbocycles. The van der Waals surface area contributed by atoms with Gasteiger partial charge in [0, 0.05) is 12.6 Å². The van der Waals surface area contributed by atoms with E-state index in [1.54, 1.807) is 6.07 Å². The van der Waals surface area contributed by atoms with Crippen molar-refractivity contribution in [2.75, 3.05) is 19.0 Å². The quantitative estimate of drug-likeness (QED) is 0.781. The van der Waals surface area contributed by atoms with Gasteiger partial charge in [-0.3, -0.25) is 4.79 Å². The summed E-state index contributed by atoms with van der Waals surface area (Å²) in [7, 11) is 1.45. The van der Waals surface area contributed by atoms with E-state index in [4.69, 9.17) is 9.84 Å². The summed E-state index contributed by atoms with van der Waals surface area (Å²) < 4.78 is 18.1. The van der Waals surface area contributed by atoms with Crippen LogP contribution in [0.5, 0.6) is 5.75 Å². The van der Waals surface area contributed by atoms with Crippen LogP contribution in [-0.4, -0.2) is 24.7 Å². The molecule has 0 aliphatic heterocycles. The van der Waals surface area contributed by atoms with E-state index in [1.807, 2.05) is 0 Å². The highest BCUT2D eigenvalue weighted by Crippen LogP contribution is 2.19. The molecule has 2 N–H and O–H groups in total. The molecule has 1 aromatic carbocycles. The number of benzene rings is 1. The number of anilines is 1. The standard InChI is InChI=1S/C10H12FNO3/c1-15-7-2-3-9(8(11)6-7)12-5-4-10(13)14/h2-3,6,12H,4-5H2,1H3,(H,13,14). The Morgan fingerprint density at radius 1 is 1.60 bits per heavy atom. The van der Waals surface area contributed by atoms with Crippen LogP contribution in [0.25, 0.3) is 0 Å². The molecule has 0 saturated heterocycles. The normalized spacial score (nSPS) is 9.73. The third-order valence-corrected chi connectivity index (χ3v) is 1.83. The summed E-state index contributed by atoms with van der Waals surface area (Å²) >= 11 is 0. The fourth-order valence-electron chi connectivity index (χ4n) is 1.07. The molecule has 0 radical (unpaired) electrons. The fraction of sp³-hybridized carbons (Fsp3) is 0.300. The van der Waals surface area contributed by atoms with Gasteiger partial charge in [-0.2, -0.15) is 0 Å². The molecule has 0 aromatic heterocycles.